The fraction of sp³-hybridized carbons (Fsp3) is 0.438. The van der Waals surface area contributed by atoms with Crippen molar-refractivity contribution in [1.29, 1.82) is 0 Å². The van der Waals surface area contributed by atoms with Gasteiger partial charge in [-0.1, -0.05) is 16.0 Å². The Labute approximate surface area is 145 Å². The van der Waals surface area contributed by atoms with Crippen LogP contribution in [0.15, 0.2) is 18.2 Å². The fourth-order valence-corrected chi connectivity index (χ4v) is 2.64. The van der Waals surface area contributed by atoms with Gasteiger partial charge in [-0.25, -0.2) is 4.72 Å². The Morgan fingerprint density at radius 1 is 1.48 bits per heavy atom. The molecular formula is C16H20FNO6S. The monoisotopic (exact) mass is 373 g/mol. The number of carbonyl (C=O) groups is 1. The summed E-state index contributed by atoms with van der Waals surface area (Å²) < 4.78 is 45.8. The molecule has 0 saturated carbocycles. The maximum Gasteiger partial charge on any atom is 0.399 e. The summed E-state index contributed by atoms with van der Waals surface area (Å²) in [5.74, 6) is -0.0681. The Balaban J connectivity index is 2.20. The van der Waals surface area contributed by atoms with Crippen molar-refractivity contribution in [3.63, 3.8) is 0 Å². The van der Waals surface area contributed by atoms with E-state index in [-0.39, 0.29) is 13.0 Å². The van der Waals surface area contributed by atoms with Crippen molar-refractivity contribution in [2.24, 2.45) is 0 Å². The second-order valence-electron chi connectivity index (χ2n) is 6.32. The summed E-state index contributed by atoms with van der Waals surface area (Å²) in [7, 11) is -5.07. The molecule has 1 aromatic carbocycles. The Hall–Kier alpha value is -2.13. The average Bonchev–Trinajstić information content (AvgIpc) is 2.43. The Morgan fingerprint density at radius 3 is 2.76 bits per heavy atom. The van der Waals surface area contributed by atoms with Crippen molar-refractivity contribution in [2.45, 2.75) is 38.9 Å². The minimum Gasteiger partial charge on any atom is -0.486 e. The number of nitrogens with one attached hydrogen (secondary N) is 1. The van der Waals surface area contributed by atoms with Crippen molar-refractivity contribution >= 4 is 22.4 Å². The van der Waals surface area contributed by atoms with Crippen molar-refractivity contribution in [3.05, 3.63) is 29.3 Å². The highest BCUT2D eigenvalue weighted by molar-refractivity contribution is 7.84. The van der Waals surface area contributed by atoms with Crippen molar-refractivity contribution < 1.29 is 31.7 Å². The van der Waals surface area contributed by atoms with Gasteiger partial charge in [0.05, 0.1) is 5.60 Å². The van der Waals surface area contributed by atoms with Crippen molar-refractivity contribution in [1.82, 2.24) is 4.72 Å². The van der Waals surface area contributed by atoms with E-state index in [4.69, 9.17) is 9.47 Å². The molecule has 0 aromatic heterocycles. The summed E-state index contributed by atoms with van der Waals surface area (Å²) in [4.78, 5) is 11.3. The highest BCUT2D eigenvalue weighted by atomic mass is 32.3. The largest absolute Gasteiger partial charge is 0.486 e. The fourth-order valence-electron chi connectivity index (χ4n) is 2.28. The summed E-state index contributed by atoms with van der Waals surface area (Å²) in [5, 5.41) is 10.1. The molecule has 1 aliphatic heterocycles. The first-order chi connectivity index (χ1) is 11.5. The van der Waals surface area contributed by atoms with Crippen LogP contribution >= 0.6 is 0 Å². The predicted molar refractivity (Wildman–Crippen MR) is 89.2 cm³/mol. The SMILES string of the molecule is Cc1cc(/C=C/CC(=O)NS(=O)(=O)F)c2c(c1)OC[C@@H](C(C)(C)O)O2. The zero-order valence-electron chi connectivity index (χ0n) is 14.1. The van der Waals surface area contributed by atoms with Crippen LogP contribution in [0.25, 0.3) is 6.08 Å². The molecule has 1 heterocycles. The number of fused-ring (bicyclic) bond motifs is 1. The van der Waals surface area contributed by atoms with Crippen LogP contribution in [0.2, 0.25) is 0 Å². The van der Waals surface area contributed by atoms with Gasteiger partial charge in [0.15, 0.2) is 17.6 Å². The highest BCUT2D eigenvalue weighted by Gasteiger charge is 2.34. The molecule has 1 aliphatic rings. The molecule has 0 unspecified atom stereocenters. The number of amides is 1. The molecule has 0 saturated heterocycles. The van der Waals surface area contributed by atoms with Gasteiger partial charge in [-0.2, -0.15) is 8.42 Å². The van der Waals surface area contributed by atoms with Gasteiger partial charge >= 0.3 is 10.4 Å². The first-order valence-corrected chi connectivity index (χ1v) is 8.92. The molecule has 0 fully saturated rings. The van der Waals surface area contributed by atoms with E-state index in [1.165, 1.54) is 10.8 Å². The lowest BCUT2D eigenvalue weighted by atomic mass is 10.0. The molecule has 1 amide bonds. The molecule has 2 rings (SSSR count). The molecule has 25 heavy (non-hydrogen) atoms. The van der Waals surface area contributed by atoms with Gasteiger partial charge in [0, 0.05) is 12.0 Å². The van der Waals surface area contributed by atoms with E-state index in [0.29, 0.717) is 17.1 Å². The smallest absolute Gasteiger partial charge is 0.399 e. The number of aliphatic hydroxyl groups is 1. The second-order valence-corrected chi connectivity index (χ2v) is 7.40. The molecule has 1 atom stereocenters. The highest BCUT2D eigenvalue weighted by Crippen LogP contribution is 2.39. The van der Waals surface area contributed by atoms with Crippen LogP contribution in [0.5, 0.6) is 11.5 Å². The summed E-state index contributed by atoms with van der Waals surface area (Å²) in [6.45, 7) is 5.26. The van der Waals surface area contributed by atoms with E-state index in [1.807, 2.05) is 6.92 Å². The Bertz CT molecular complexity index is 798. The van der Waals surface area contributed by atoms with Crippen LogP contribution in [0.3, 0.4) is 0 Å². The number of benzene rings is 1. The second kappa shape index (κ2) is 7.01. The average molecular weight is 373 g/mol. The van der Waals surface area contributed by atoms with E-state index in [0.717, 1.165) is 5.56 Å². The number of ether oxygens (including phenoxy) is 2. The zero-order valence-corrected chi connectivity index (χ0v) is 14.9. The number of hydrogen-bond acceptors (Lipinski definition) is 6. The molecule has 7 nitrogen and oxygen atoms in total. The quantitative estimate of drug-likeness (QED) is 0.761. The van der Waals surface area contributed by atoms with Crippen LogP contribution in [0, 0.1) is 6.92 Å². The topological polar surface area (TPSA) is 102 Å². The molecule has 138 valence electrons. The third-order valence-electron chi connectivity index (χ3n) is 3.50. The van der Waals surface area contributed by atoms with Crippen molar-refractivity contribution in [3.8, 4) is 11.5 Å². The zero-order chi connectivity index (χ0) is 18.8. The van der Waals surface area contributed by atoms with Gasteiger partial charge in [-0.15, -0.1) is 0 Å². The molecule has 0 radical (unpaired) electrons. The molecule has 0 aliphatic carbocycles. The van der Waals surface area contributed by atoms with Gasteiger partial charge in [0.1, 0.15) is 6.61 Å². The standard InChI is InChI=1S/C16H20FNO6S/c1-10-7-11(5-4-6-14(19)18-25(17,21)22)15-12(8-10)23-9-13(24-15)16(2,3)20/h4-5,7-8,13,20H,6,9H2,1-3H3,(H,18,19)/b5-4+/t13-/m0/s1. The number of halogens is 1. The van der Waals surface area contributed by atoms with Gasteiger partial charge in [0.25, 0.3) is 0 Å². The van der Waals surface area contributed by atoms with Crippen molar-refractivity contribution in [2.75, 3.05) is 6.61 Å². The van der Waals surface area contributed by atoms with Gasteiger partial charge in [0.2, 0.25) is 5.91 Å². The molecule has 0 spiro atoms. The minimum atomic E-state index is -5.07. The molecular weight excluding hydrogens is 353 g/mol. The van der Waals surface area contributed by atoms with E-state index in [2.05, 4.69) is 0 Å². The number of carbonyl (C=O) groups excluding carboxylic acids is 1. The Morgan fingerprint density at radius 2 is 2.16 bits per heavy atom. The van der Waals surface area contributed by atoms with Gasteiger partial charge < -0.3 is 14.6 Å². The lowest BCUT2D eigenvalue weighted by Crippen LogP contribution is -2.46. The van der Waals surface area contributed by atoms with Crippen LogP contribution in [0.4, 0.5) is 3.89 Å². The summed E-state index contributed by atoms with van der Waals surface area (Å²) in [6, 6.07) is 3.57. The third-order valence-corrected chi connectivity index (χ3v) is 3.97. The maximum atomic E-state index is 12.4. The lowest BCUT2D eigenvalue weighted by Gasteiger charge is -2.34. The first-order valence-electron chi connectivity index (χ1n) is 7.54. The Kier molecular flexibility index (Phi) is 5.38. The van der Waals surface area contributed by atoms with Crippen LogP contribution in [0.1, 0.15) is 31.4 Å². The lowest BCUT2D eigenvalue weighted by molar-refractivity contribution is -0.118. The molecule has 1 aromatic rings. The predicted octanol–water partition coefficient (Wildman–Crippen LogP) is 1.64. The van der Waals surface area contributed by atoms with E-state index in [9.17, 15) is 22.2 Å². The maximum absolute atomic E-state index is 12.4. The summed E-state index contributed by atoms with van der Waals surface area (Å²) in [6.07, 6.45) is 2.02. The molecule has 0 bridgehead atoms. The van der Waals surface area contributed by atoms with E-state index >= 15 is 0 Å². The first kappa shape index (κ1) is 19.2. The van der Waals surface area contributed by atoms with Crippen LogP contribution in [-0.4, -0.2) is 37.7 Å². The molecule has 2 N–H and O–H groups in total. The van der Waals surface area contributed by atoms with E-state index < -0.39 is 28.0 Å². The molecule has 9 heteroatoms. The number of hydrogen-bond donors (Lipinski definition) is 2. The van der Waals surface area contributed by atoms with Crippen LogP contribution in [-0.2, 0) is 15.2 Å². The minimum absolute atomic E-state index is 0.194. The third kappa shape index (κ3) is 5.43. The summed E-state index contributed by atoms with van der Waals surface area (Å²) in [5.41, 5.74) is 0.373. The number of aryl methyl sites for hydroxylation is 1. The van der Waals surface area contributed by atoms with Gasteiger partial charge in [-0.05, 0) is 38.5 Å². The number of rotatable bonds is 5. The van der Waals surface area contributed by atoms with E-state index in [1.54, 1.807) is 32.1 Å². The summed E-state index contributed by atoms with van der Waals surface area (Å²) >= 11 is 0. The van der Waals surface area contributed by atoms with Gasteiger partial charge in [-0.3, -0.25) is 4.79 Å². The normalized spacial score (nSPS) is 17.6. The van der Waals surface area contributed by atoms with Crippen LogP contribution < -0.4 is 14.2 Å².